The molecule has 0 spiro atoms. The van der Waals surface area contributed by atoms with Gasteiger partial charge in [-0.15, -0.1) is 0 Å². The van der Waals surface area contributed by atoms with E-state index in [1.54, 1.807) is 36.4 Å². The Bertz CT molecular complexity index is 1360. The number of nitrogens with zero attached hydrogens (tertiary/aromatic N) is 2. The number of carbonyl (C=O) groups is 2. The Morgan fingerprint density at radius 3 is 2.38 bits per heavy atom. The van der Waals surface area contributed by atoms with Gasteiger partial charge in [0.1, 0.15) is 5.57 Å². The number of nitrogens with one attached hydrogen (secondary N) is 1. The van der Waals surface area contributed by atoms with Crippen molar-refractivity contribution in [2.75, 3.05) is 4.90 Å². The Morgan fingerprint density at radius 2 is 1.74 bits per heavy atom. The van der Waals surface area contributed by atoms with Crippen LogP contribution in [-0.2, 0) is 9.59 Å². The average molecular weight is 510 g/mol. The van der Waals surface area contributed by atoms with Crippen LogP contribution in [0.4, 0.5) is 11.4 Å². The molecule has 1 fully saturated rings. The third kappa shape index (κ3) is 5.01. The molecule has 0 bridgehead atoms. The van der Waals surface area contributed by atoms with E-state index in [1.165, 1.54) is 28.8 Å². The fourth-order valence-electron chi connectivity index (χ4n) is 3.24. The van der Waals surface area contributed by atoms with Crippen molar-refractivity contribution in [2.24, 2.45) is 0 Å². The van der Waals surface area contributed by atoms with Crippen LogP contribution in [0.1, 0.15) is 11.1 Å². The van der Waals surface area contributed by atoms with E-state index in [0.29, 0.717) is 21.2 Å². The second-order valence-electron chi connectivity index (χ2n) is 7.33. The van der Waals surface area contributed by atoms with Gasteiger partial charge in [0, 0.05) is 16.0 Å². The van der Waals surface area contributed by atoms with Gasteiger partial charge in [-0.3, -0.25) is 29.9 Å². The number of thiocarbonyl (C=S) groups is 1. The Labute approximate surface area is 209 Å². The smallest absolute Gasteiger partial charge is 0.283 e. The van der Waals surface area contributed by atoms with E-state index < -0.39 is 16.7 Å². The lowest BCUT2D eigenvalue weighted by Gasteiger charge is -2.28. The van der Waals surface area contributed by atoms with Gasteiger partial charge in [-0.2, -0.15) is 0 Å². The number of hydrogen-bond donors (Lipinski definition) is 1. The van der Waals surface area contributed by atoms with Crippen LogP contribution in [0.3, 0.4) is 0 Å². The van der Waals surface area contributed by atoms with E-state index in [-0.39, 0.29) is 16.4 Å². The molecule has 3 aromatic carbocycles. The molecule has 0 aliphatic carbocycles. The fraction of sp³-hybridized carbons (Fsp3) is 0.0417. The average Bonchev–Trinajstić information content (AvgIpc) is 2.80. The van der Waals surface area contributed by atoms with Crippen molar-refractivity contribution in [3.05, 3.63) is 98.6 Å². The monoisotopic (exact) mass is 509 g/mol. The zero-order valence-corrected chi connectivity index (χ0v) is 20.0. The van der Waals surface area contributed by atoms with E-state index in [4.69, 9.17) is 23.8 Å². The molecule has 0 radical (unpaired) electrons. The highest BCUT2D eigenvalue weighted by atomic mass is 35.5. The number of aryl methyl sites for hydroxylation is 1. The van der Waals surface area contributed by atoms with Crippen molar-refractivity contribution in [1.29, 1.82) is 0 Å². The predicted octanol–water partition coefficient (Wildman–Crippen LogP) is 5.54. The van der Waals surface area contributed by atoms with Crippen molar-refractivity contribution in [3.63, 3.8) is 0 Å². The Balaban J connectivity index is 1.68. The topological polar surface area (TPSA) is 92.6 Å². The highest BCUT2D eigenvalue weighted by Gasteiger charge is 2.34. The molecule has 1 heterocycles. The summed E-state index contributed by atoms with van der Waals surface area (Å²) in [5.41, 5.74) is 1.53. The summed E-state index contributed by atoms with van der Waals surface area (Å²) in [5.74, 6) is -1.32. The largest absolute Gasteiger partial charge is 0.298 e. The van der Waals surface area contributed by atoms with Crippen molar-refractivity contribution >= 4 is 70.0 Å². The van der Waals surface area contributed by atoms with Gasteiger partial charge in [0.15, 0.2) is 5.11 Å². The fourth-order valence-corrected chi connectivity index (χ4v) is 4.54. The summed E-state index contributed by atoms with van der Waals surface area (Å²) >= 11 is 12.4. The Hall–Kier alpha value is -3.53. The number of nitro groups is 1. The quantitative estimate of drug-likeness (QED) is 0.160. The van der Waals surface area contributed by atoms with E-state index in [2.05, 4.69) is 5.32 Å². The minimum absolute atomic E-state index is 0.0645. The number of halogens is 1. The van der Waals surface area contributed by atoms with E-state index >= 15 is 0 Å². The first-order chi connectivity index (χ1) is 16.2. The molecular formula is C24H16ClN3O4S2. The first-order valence-corrected chi connectivity index (χ1v) is 11.5. The van der Waals surface area contributed by atoms with Crippen LogP contribution in [0.25, 0.3) is 6.08 Å². The number of amides is 2. The summed E-state index contributed by atoms with van der Waals surface area (Å²) in [4.78, 5) is 39.4. The molecule has 4 rings (SSSR count). The van der Waals surface area contributed by atoms with Crippen LogP contribution < -0.4 is 10.2 Å². The number of rotatable bonds is 5. The minimum Gasteiger partial charge on any atom is -0.298 e. The zero-order valence-electron chi connectivity index (χ0n) is 17.7. The molecule has 1 aliphatic heterocycles. The molecule has 1 N–H and O–H groups in total. The number of nitro benzene ring substituents is 1. The van der Waals surface area contributed by atoms with Crippen molar-refractivity contribution < 1.29 is 14.5 Å². The molecule has 34 heavy (non-hydrogen) atoms. The molecule has 0 unspecified atom stereocenters. The molecule has 3 aromatic rings. The van der Waals surface area contributed by atoms with Gasteiger partial charge in [0.05, 0.1) is 15.5 Å². The van der Waals surface area contributed by atoms with Crippen LogP contribution in [0.15, 0.2) is 82.1 Å². The lowest BCUT2D eigenvalue weighted by molar-refractivity contribution is -0.387. The lowest BCUT2D eigenvalue weighted by atomic mass is 10.1. The normalized spacial score (nSPS) is 14.9. The molecular weight excluding hydrogens is 494 g/mol. The van der Waals surface area contributed by atoms with Gasteiger partial charge < -0.3 is 0 Å². The molecule has 0 aromatic heterocycles. The molecule has 10 heteroatoms. The van der Waals surface area contributed by atoms with Crippen LogP contribution in [0, 0.1) is 17.0 Å². The highest BCUT2D eigenvalue weighted by molar-refractivity contribution is 7.99. The van der Waals surface area contributed by atoms with Crippen molar-refractivity contribution in [3.8, 4) is 0 Å². The maximum Gasteiger partial charge on any atom is 0.283 e. The van der Waals surface area contributed by atoms with Gasteiger partial charge in [-0.25, -0.2) is 0 Å². The highest BCUT2D eigenvalue weighted by Crippen LogP contribution is 2.36. The zero-order chi connectivity index (χ0) is 24.4. The van der Waals surface area contributed by atoms with Crippen LogP contribution >= 0.6 is 35.6 Å². The van der Waals surface area contributed by atoms with Gasteiger partial charge >= 0.3 is 0 Å². The summed E-state index contributed by atoms with van der Waals surface area (Å²) < 4.78 is 0. The first-order valence-electron chi connectivity index (χ1n) is 9.93. The van der Waals surface area contributed by atoms with Crippen LogP contribution in [-0.4, -0.2) is 21.9 Å². The number of anilines is 1. The number of hydrogen-bond acceptors (Lipinski definition) is 6. The van der Waals surface area contributed by atoms with E-state index in [0.717, 1.165) is 10.5 Å². The second-order valence-corrected chi connectivity index (χ2v) is 9.27. The van der Waals surface area contributed by atoms with Crippen molar-refractivity contribution in [1.82, 2.24) is 5.32 Å². The third-order valence-corrected chi connectivity index (χ3v) is 6.54. The standard InChI is InChI=1S/C24H16ClN3O4S2/c1-14-2-9-18(10-3-14)34-21-11-4-15(13-20(21)28(31)32)12-19-22(29)26-24(33)27(23(19)30)17-7-5-16(25)6-8-17/h2-13H,1H3,(H,26,29,33). The van der Waals surface area contributed by atoms with Crippen molar-refractivity contribution in [2.45, 2.75) is 16.7 Å². The Kier molecular flexibility index (Phi) is 6.78. The summed E-state index contributed by atoms with van der Waals surface area (Å²) in [6, 6.07) is 18.6. The molecule has 0 saturated carbocycles. The van der Waals surface area contributed by atoms with E-state index in [1.807, 2.05) is 31.2 Å². The molecule has 1 aliphatic rings. The van der Waals surface area contributed by atoms with Crippen LogP contribution in [0.2, 0.25) is 5.02 Å². The second kappa shape index (κ2) is 9.76. The molecule has 2 amide bonds. The SMILES string of the molecule is Cc1ccc(Sc2ccc(C=C3C(=O)NC(=S)N(c4ccc(Cl)cc4)C3=O)cc2[N+](=O)[O-])cc1. The predicted molar refractivity (Wildman–Crippen MR) is 136 cm³/mol. The van der Waals surface area contributed by atoms with Gasteiger partial charge in [0.25, 0.3) is 17.5 Å². The van der Waals surface area contributed by atoms with Gasteiger partial charge in [-0.05, 0) is 73.2 Å². The number of benzene rings is 3. The van der Waals surface area contributed by atoms with Gasteiger partial charge in [0.2, 0.25) is 0 Å². The third-order valence-electron chi connectivity index (χ3n) is 4.93. The molecule has 7 nitrogen and oxygen atoms in total. The lowest BCUT2D eigenvalue weighted by Crippen LogP contribution is -2.54. The summed E-state index contributed by atoms with van der Waals surface area (Å²) in [7, 11) is 0. The molecule has 1 saturated heterocycles. The molecule has 170 valence electrons. The first kappa shape index (κ1) is 23.6. The number of carbonyl (C=O) groups excluding carboxylic acids is 2. The summed E-state index contributed by atoms with van der Waals surface area (Å²) in [6.45, 7) is 1.96. The van der Waals surface area contributed by atoms with Gasteiger partial charge in [-0.1, -0.05) is 47.1 Å². The Morgan fingerprint density at radius 1 is 1.06 bits per heavy atom. The van der Waals surface area contributed by atoms with E-state index in [9.17, 15) is 19.7 Å². The maximum atomic E-state index is 13.1. The van der Waals surface area contributed by atoms with Crippen LogP contribution in [0.5, 0.6) is 0 Å². The summed E-state index contributed by atoms with van der Waals surface area (Å²) in [6.07, 6.45) is 1.32. The summed E-state index contributed by atoms with van der Waals surface area (Å²) in [5, 5.41) is 14.6. The minimum atomic E-state index is -0.680. The molecule has 0 atom stereocenters. The maximum absolute atomic E-state index is 13.1.